The van der Waals surface area contributed by atoms with E-state index >= 15 is 0 Å². The summed E-state index contributed by atoms with van der Waals surface area (Å²) in [5.41, 5.74) is 1.82. The first-order chi connectivity index (χ1) is 11.0. The molecule has 0 bridgehead atoms. The van der Waals surface area contributed by atoms with Crippen LogP contribution in [0.4, 0.5) is 8.78 Å². The van der Waals surface area contributed by atoms with Crippen LogP contribution in [-0.4, -0.2) is 24.2 Å². The molecule has 0 aliphatic carbocycles. The predicted octanol–water partition coefficient (Wildman–Crippen LogP) is 3.06. The molecule has 122 valence electrons. The lowest BCUT2D eigenvalue weighted by Crippen LogP contribution is -2.28. The molecule has 4 nitrogen and oxygen atoms in total. The van der Waals surface area contributed by atoms with Gasteiger partial charge in [-0.2, -0.15) is 8.78 Å². The van der Waals surface area contributed by atoms with Gasteiger partial charge in [0.25, 0.3) is 5.91 Å². The highest BCUT2D eigenvalue weighted by Gasteiger charge is 2.13. The van der Waals surface area contributed by atoms with E-state index in [1.807, 2.05) is 19.1 Å². The van der Waals surface area contributed by atoms with Crippen LogP contribution < -0.4 is 10.1 Å². The average molecular weight is 321 g/mol. The third-order valence-electron chi connectivity index (χ3n) is 3.32. The summed E-state index contributed by atoms with van der Waals surface area (Å²) in [5.74, 6) is -0.565. The molecule has 0 heterocycles. The standard InChI is InChI=1S/C17H17F2NO3/c1-11-5-2-3-8-14(11)15(21)10-20-16(22)12-6-4-7-13(9-12)23-17(18)19/h2-9,15,17,21H,10H2,1H3,(H,20,22). The molecule has 0 radical (unpaired) electrons. The molecule has 2 aromatic carbocycles. The van der Waals surface area contributed by atoms with E-state index in [0.717, 1.165) is 11.1 Å². The van der Waals surface area contributed by atoms with E-state index in [-0.39, 0.29) is 17.9 Å². The Morgan fingerprint density at radius 1 is 1.22 bits per heavy atom. The maximum absolute atomic E-state index is 12.2. The number of aliphatic hydroxyl groups excluding tert-OH is 1. The van der Waals surface area contributed by atoms with Gasteiger partial charge in [0.2, 0.25) is 0 Å². The smallest absolute Gasteiger partial charge is 0.387 e. The molecule has 1 atom stereocenters. The van der Waals surface area contributed by atoms with Crippen LogP contribution in [0, 0.1) is 6.92 Å². The van der Waals surface area contributed by atoms with E-state index in [2.05, 4.69) is 10.1 Å². The van der Waals surface area contributed by atoms with Gasteiger partial charge in [0.05, 0.1) is 6.10 Å². The number of alkyl halides is 2. The summed E-state index contributed by atoms with van der Waals surface area (Å²) in [6.45, 7) is -1.06. The van der Waals surface area contributed by atoms with Crippen LogP contribution in [0.5, 0.6) is 5.75 Å². The number of benzene rings is 2. The van der Waals surface area contributed by atoms with E-state index in [1.54, 1.807) is 12.1 Å². The molecule has 0 saturated carbocycles. The molecule has 2 rings (SSSR count). The summed E-state index contributed by atoms with van der Waals surface area (Å²) >= 11 is 0. The molecule has 23 heavy (non-hydrogen) atoms. The third kappa shape index (κ3) is 4.75. The number of nitrogens with one attached hydrogen (secondary N) is 1. The first kappa shape index (κ1) is 16.9. The normalized spacial score (nSPS) is 12.0. The molecule has 0 fully saturated rings. The third-order valence-corrected chi connectivity index (χ3v) is 3.32. The Kier molecular flexibility index (Phi) is 5.65. The van der Waals surface area contributed by atoms with Crippen LogP contribution in [0.25, 0.3) is 0 Å². The summed E-state index contributed by atoms with van der Waals surface area (Å²) in [5, 5.41) is 12.7. The Balaban J connectivity index is 1.98. The summed E-state index contributed by atoms with van der Waals surface area (Å²) < 4.78 is 28.6. The van der Waals surface area contributed by atoms with Gasteiger partial charge in [-0.15, -0.1) is 0 Å². The first-order valence-corrected chi connectivity index (χ1v) is 7.04. The van der Waals surface area contributed by atoms with Crippen LogP contribution in [0.2, 0.25) is 0 Å². The SMILES string of the molecule is Cc1ccccc1C(O)CNC(=O)c1cccc(OC(F)F)c1. The summed E-state index contributed by atoms with van der Waals surface area (Å²) in [6.07, 6.45) is -0.847. The zero-order valence-corrected chi connectivity index (χ0v) is 12.5. The van der Waals surface area contributed by atoms with Crippen molar-refractivity contribution in [2.45, 2.75) is 19.6 Å². The van der Waals surface area contributed by atoms with Gasteiger partial charge in [-0.1, -0.05) is 30.3 Å². The molecular formula is C17H17F2NO3. The molecule has 0 aliphatic heterocycles. The lowest BCUT2D eigenvalue weighted by atomic mass is 10.0. The summed E-state index contributed by atoms with van der Waals surface area (Å²) in [6, 6.07) is 12.8. The topological polar surface area (TPSA) is 58.6 Å². The Hall–Kier alpha value is -2.47. The van der Waals surface area contributed by atoms with Gasteiger partial charge >= 0.3 is 6.61 Å². The maximum Gasteiger partial charge on any atom is 0.387 e. The fourth-order valence-corrected chi connectivity index (χ4v) is 2.18. The summed E-state index contributed by atoms with van der Waals surface area (Å²) in [7, 11) is 0. The second-order valence-electron chi connectivity index (χ2n) is 4.99. The number of hydrogen-bond acceptors (Lipinski definition) is 3. The summed E-state index contributed by atoms with van der Waals surface area (Å²) in [4.78, 5) is 12.0. The first-order valence-electron chi connectivity index (χ1n) is 7.04. The largest absolute Gasteiger partial charge is 0.435 e. The molecule has 2 N–H and O–H groups in total. The minimum absolute atomic E-state index is 0.0175. The Morgan fingerprint density at radius 3 is 2.65 bits per heavy atom. The van der Waals surface area contributed by atoms with Gasteiger partial charge in [0.15, 0.2) is 0 Å². The second-order valence-corrected chi connectivity index (χ2v) is 4.99. The fourth-order valence-electron chi connectivity index (χ4n) is 2.18. The molecular weight excluding hydrogens is 304 g/mol. The van der Waals surface area contributed by atoms with E-state index in [9.17, 15) is 18.7 Å². The van der Waals surface area contributed by atoms with Crippen molar-refractivity contribution in [1.82, 2.24) is 5.32 Å². The second kappa shape index (κ2) is 7.69. The Bertz CT molecular complexity index is 676. The van der Waals surface area contributed by atoms with Crippen molar-refractivity contribution < 1.29 is 23.4 Å². The number of amides is 1. The highest BCUT2D eigenvalue weighted by Crippen LogP contribution is 2.18. The van der Waals surface area contributed by atoms with Gasteiger partial charge in [-0.05, 0) is 36.2 Å². The van der Waals surface area contributed by atoms with Crippen LogP contribution in [0.1, 0.15) is 27.6 Å². The van der Waals surface area contributed by atoms with Crippen LogP contribution in [0.3, 0.4) is 0 Å². The Morgan fingerprint density at radius 2 is 1.96 bits per heavy atom. The average Bonchev–Trinajstić information content (AvgIpc) is 2.52. The number of aliphatic hydroxyl groups is 1. The molecule has 0 aromatic heterocycles. The number of ether oxygens (including phenoxy) is 1. The van der Waals surface area contributed by atoms with E-state index in [1.165, 1.54) is 24.3 Å². The monoisotopic (exact) mass is 321 g/mol. The van der Waals surface area contributed by atoms with E-state index in [0.29, 0.717) is 0 Å². The van der Waals surface area contributed by atoms with Crippen molar-refractivity contribution in [1.29, 1.82) is 0 Å². The number of aryl methyl sites for hydroxylation is 1. The molecule has 2 aromatic rings. The molecule has 0 spiro atoms. The number of hydrogen-bond donors (Lipinski definition) is 2. The minimum Gasteiger partial charge on any atom is -0.435 e. The van der Waals surface area contributed by atoms with Crippen molar-refractivity contribution in [2.24, 2.45) is 0 Å². The zero-order chi connectivity index (χ0) is 16.8. The van der Waals surface area contributed by atoms with Gasteiger partial charge in [-0.3, -0.25) is 4.79 Å². The van der Waals surface area contributed by atoms with Gasteiger partial charge in [0.1, 0.15) is 5.75 Å². The van der Waals surface area contributed by atoms with Crippen molar-refractivity contribution in [3.8, 4) is 5.75 Å². The highest BCUT2D eigenvalue weighted by molar-refractivity contribution is 5.94. The zero-order valence-electron chi connectivity index (χ0n) is 12.5. The van der Waals surface area contributed by atoms with E-state index in [4.69, 9.17) is 0 Å². The highest BCUT2D eigenvalue weighted by atomic mass is 19.3. The molecule has 0 aliphatic rings. The van der Waals surface area contributed by atoms with Crippen molar-refractivity contribution in [3.63, 3.8) is 0 Å². The molecule has 6 heteroatoms. The van der Waals surface area contributed by atoms with Crippen LogP contribution >= 0.6 is 0 Å². The maximum atomic E-state index is 12.2. The predicted molar refractivity (Wildman–Crippen MR) is 81.5 cm³/mol. The van der Waals surface area contributed by atoms with Gasteiger partial charge in [-0.25, -0.2) is 0 Å². The minimum atomic E-state index is -2.95. The van der Waals surface area contributed by atoms with E-state index < -0.39 is 18.6 Å². The molecule has 1 amide bonds. The number of rotatable bonds is 6. The molecule has 0 saturated heterocycles. The fraction of sp³-hybridized carbons (Fsp3) is 0.235. The number of halogens is 2. The number of carbonyl (C=O) groups is 1. The van der Waals surface area contributed by atoms with Crippen molar-refractivity contribution in [2.75, 3.05) is 6.54 Å². The lowest BCUT2D eigenvalue weighted by Gasteiger charge is -2.14. The van der Waals surface area contributed by atoms with Gasteiger partial charge < -0.3 is 15.2 Å². The molecule has 1 unspecified atom stereocenters. The van der Waals surface area contributed by atoms with Crippen molar-refractivity contribution >= 4 is 5.91 Å². The quantitative estimate of drug-likeness (QED) is 0.860. The lowest BCUT2D eigenvalue weighted by molar-refractivity contribution is -0.0498. The van der Waals surface area contributed by atoms with Crippen LogP contribution in [0.15, 0.2) is 48.5 Å². The van der Waals surface area contributed by atoms with Gasteiger partial charge in [0, 0.05) is 12.1 Å². The van der Waals surface area contributed by atoms with Crippen LogP contribution in [-0.2, 0) is 0 Å². The Labute approximate surface area is 132 Å². The van der Waals surface area contributed by atoms with Crippen molar-refractivity contribution in [3.05, 3.63) is 65.2 Å². The number of carbonyl (C=O) groups excluding carboxylic acids is 1.